The summed E-state index contributed by atoms with van der Waals surface area (Å²) >= 11 is 0. The maximum absolute atomic E-state index is 12.9. The van der Waals surface area contributed by atoms with Crippen LogP contribution in [0.5, 0.6) is 0 Å². The lowest BCUT2D eigenvalue weighted by atomic mass is 10.0. The van der Waals surface area contributed by atoms with Gasteiger partial charge in [0.15, 0.2) is 9.84 Å². The van der Waals surface area contributed by atoms with Gasteiger partial charge in [-0.25, -0.2) is 13.2 Å². The van der Waals surface area contributed by atoms with Crippen molar-refractivity contribution in [3.05, 3.63) is 29.3 Å². The number of carboxylic acids is 1. The van der Waals surface area contributed by atoms with Crippen LogP contribution in [0.15, 0.2) is 18.2 Å². The molecule has 2 heterocycles. The molecule has 1 atom stereocenters. The Bertz CT molecular complexity index is 1150. The van der Waals surface area contributed by atoms with Crippen LogP contribution >= 0.6 is 0 Å². The summed E-state index contributed by atoms with van der Waals surface area (Å²) in [5.41, 5.74) is 5.80. The van der Waals surface area contributed by atoms with Gasteiger partial charge >= 0.3 is 12.1 Å². The van der Waals surface area contributed by atoms with Gasteiger partial charge in [0.05, 0.1) is 22.6 Å². The summed E-state index contributed by atoms with van der Waals surface area (Å²) in [6, 6.07) is 3.54. The first-order chi connectivity index (χ1) is 16.2. The minimum Gasteiger partial charge on any atom is -0.475 e. The number of aliphatic carboxylic acids is 1. The van der Waals surface area contributed by atoms with Crippen LogP contribution in [0.25, 0.3) is 0 Å². The molecule has 3 rings (SSSR count). The Kier molecular flexibility index (Phi) is 8.56. The Morgan fingerprint density at radius 2 is 1.80 bits per heavy atom. The van der Waals surface area contributed by atoms with Gasteiger partial charge in [0.1, 0.15) is 6.04 Å². The number of piperidine rings is 1. The van der Waals surface area contributed by atoms with E-state index in [0.29, 0.717) is 5.69 Å². The van der Waals surface area contributed by atoms with Crippen molar-refractivity contribution in [2.45, 2.75) is 25.1 Å². The molecule has 16 heteroatoms. The van der Waals surface area contributed by atoms with Gasteiger partial charge in [0, 0.05) is 25.2 Å². The number of sulfone groups is 1. The number of nitrogens with one attached hydrogen (secondary N) is 2. The maximum atomic E-state index is 12.9. The second-order valence-electron chi connectivity index (χ2n) is 7.35. The summed E-state index contributed by atoms with van der Waals surface area (Å²) in [4.78, 5) is 58.8. The lowest BCUT2D eigenvalue weighted by molar-refractivity contribution is -0.192. The fraction of sp³-hybridized carbons (Fsp3) is 0.421. The number of halogens is 3. The Morgan fingerprint density at radius 1 is 1.17 bits per heavy atom. The summed E-state index contributed by atoms with van der Waals surface area (Å²) in [5, 5.41) is 12.1. The van der Waals surface area contributed by atoms with Crippen molar-refractivity contribution in [2.24, 2.45) is 5.73 Å². The number of carbonyl (C=O) groups excluding carboxylic acids is 4. The molecule has 35 heavy (non-hydrogen) atoms. The third-order valence-corrected chi connectivity index (χ3v) is 6.55. The molecule has 12 nitrogen and oxygen atoms in total. The van der Waals surface area contributed by atoms with Gasteiger partial charge in [0.25, 0.3) is 11.8 Å². The number of nitrogens with two attached hydrogens (primary N) is 1. The second kappa shape index (κ2) is 10.8. The van der Waals surface area contributed by atoms with Crippen LogP contribution in [0.1, 0.15) is 33.6 Å². The smallest absolute Gasteiger partial charge is 0.475 e. The second-order valence-corrected chi connectivity index (χ2v) is 9.65. The largest absolute Gasteiger partial charge is 0.490 e. The van der Waals surface area contributed by atoms with Crippen molar-refractivity contribution in [1.29, 1.82) is 0 Å². The van der Waals surface area contributed by atoms with E-state index in [1.807, 2.05) is 0 Å². The van der Waals surface area contributed by atoms with Crippen LogP contribution in [-0.4, -0.2) is 84.8 Å². The highest BCUT2D eigenvalue weighted by Gasteiger charge is 2.45. The van der Waals surface area contributed by atoms with E-state index < -0.39 is 51.7 Å². The van der Waals surface area contributed by atoms with Crippen molar-refractivity contribution < 1.29 is 50.7 Å². The molecule has 0 saturated carbocycles. The molecule has 1 saturated heterocycles. The van der Waals surface area contributed by atoms with Gasteiger partial charge in [-0.2, -0.15) is 13.2 Å². The van der Waals surface area contributed by atoms with Gasteiger partial charge in [0.2, 0.25) is 11.8 Å². The number of rotatable bonds is 7. The molecule has 2 aliphatic heterocycles. The molecule has 0 aromatic heterocycles. The van der Waals surface area contributed by atoms with Crippen LogP contribution in [0.3, 0.4) is 0 Å². The van der Waals surface area contributed by atoms with Gasteiger partial charge in [-0.3, -0.25) is 29.4 Å². The molecule has 1 aromatic rings. The van der Waals surface area contributed by atoms with Crippen LogP contribution in [-0.2, 0) is 24.2 Å². The summed E-state index contributed by atoms with van der Waals surface area (Å²) < 4.78 is 55.3. The monoisotopic (exact) mass is 522 g/mol. The van der Waals surface area contributed by atoms with E-state index in [9.17, 15) is 40.8 Å². The van der Waals surface area contributed by atoms with E-state index in [4.69, 9.17) is 15.6 Å². The van der Waals surface area contributed by atoms with Crippen molar-refractivity contribution in [3.8, 4) is 0 Å². The summed E-state index contributed by atoms with van der Waals surface area (Å²) in [6.45, 7) is 0.0651. The highest BCUT2D eigenvalue weighted by molar-refractivity contribution is 7.91. The van der Waals surface area contributed by atoms with Crippen molar-refractivity contribution in [3.63, 3.8) is 0 Å². The SMILES string of the molecule is NCCS(=O)(=O)CCNc1cccc2c1C(=O)N(C1CCC(=O)NC1=O)C2=O.O=C(O)C(F)(F)F. The topological polar surface area (TPSA) is 193 Å². The zero-order valence-corrected chi connectivity index (χ0v) is 18.7. The van der Waals surface area contributed by atoms with E-state index in [2.05, 4.69) is 10.6 Å². The van der Waals surface area contributed by atoms with E-state index in [1.54, 1.807) is 12.1 Å². The quantitative estimate of drug-likeness (QED) is 0.340. The highest BCUT2D eigenvalue weighted by Crippen LogP contribution is 2.32. The fourth-order valence-corrected chi connectivity index (χ4v) is 4.26. The van der Waals surface area contributed by atoms with Crippen LogP contribution < -0.4 is 16.4 Å². The lowest BCUT2D eigenvalue weighted by Gasteiger charge is -2.27. The predicted molar refractivity (Wildman–Crippen MR) is 113 cm³/mol. The maximum Gasteiger partial charge on any atom is 0.490 e. The summed E-state index contributed by atoms with van der Waals surface area (Å²) in [7, 11) is -3.32. The molecule has 0 aliphatic carbocycles. The Hall–Kier alpha value is -3.53. The molecule has 1 unspecified atom stereocenters. The van der Waals surface area contributed by atoms with Gasteiger partial charge in [-0.05, 0) is 18.6 Å². The first-order valence-electron chi connectivity index (χ1n) is 9.98. The first-order valence-corrected chi connectivity index (χ1v) is 11.8. The Morgan fingerprint density at radius 3 is 2.34 bits per heavy atom. The number of anilines is 1. The molecule has 5 N–H and O–H groups in total. The van der Waals surface area contributed by atoms with E-state index in [-0.39, 0.29) is 48.6 Å². The van der Waals surface area contributed by atoms with Crippen LogP contribution in [0.4, 0.5) is 18.9 Å². The average molecular weight is 522 g/mol. The zero-order chi connectivity index (χ0) is 26.6. The van der Waals surface area contributed by atoms with Crippen molar-refractivity contribution in [1.82, 2.24) is 10.2 Å². The van der Waals surface area contributed by atoms with Crippen molar-refractivity contribution >= 4 is 45.1 Å². The minimum absolute atomic E-state index is 0.0248. The number of fused-ring (bicyclic) bond motifs is 1. The van der Waals surface area contributed by atoms with Gasteiger partial charge in [-0.15, -0.1) is 0 Å². The molecule has 1 fully saturated rings. The number of hydrogen-bond donors (Lipinski definition) is 4. The molecule has 2 aliphatic rings. The molecule has 192 valence electrons. The number of carbonyl (C=O) groups is 5. The third kappa shape index (κ3) is 6.75. The molecule has 0 radical (unpaired) electrons. The predicted octanol–water partition coefficient (Wildman–Crippen LogP) is -0.493. The lowest BCUT2D eigenvalue weighted by Crippen LogP contribution is -2.54. The number of carboxylic acid groups (broad SMARTS) is 1. The number of alkyl halides is 3. The number of hydrogen-bond acceptors (Lipinski definition) is 9. The zero-order valence-electron chi connectivity index (χ0n) is 17.9. The normalized spacial score (nSPS) is 17.9. The number of nitrogens with zero attached hydrogens (tertiary/aromatic N) is 1. The van der Waals surface area contributed by atoms with Crippen LogP contribution in [0.2, 0.25) is 0 Å². The molecule has 0 bridgehead atoms. The van der Waals surface area contributed by atoms with Gasteiger partial charge in [-0.1, -0.05) is 6.07 Å². The van der Waals surface area contributed by atoms with E-state index in [0.717, 1.165) is 4.90 Å². The average Bonchev–Trinajstić information content (AvgIpc) is 2.99. The van der Waals surface area contributed by atoms with E-state index >= 15 is 0 Å². The number of amides is 4. The van der Waals surface area contributed by atoms with E-state index in [1.165, 1.54) is 6.07 Å². The third-order valence-electron chi connectivity index (χ3n) is 4.87. The highest BCUT2D eigenvalue weighted by atomic mass is 32.2. The van der Waals surface area contributed by atoms with Gasteiger partial charge < -0.3 is 16.2 Å². The number of benzene rings is 1. The van der Waals surface area contributed by atoms with Crippen molar-refractivity contribution in [2.75, 3.05) is 29.9 Å². The first kappa shape index (κ1) is 27.7. The molecule has 0 spiro atoms. The molecular formula is C19H21F3N4O8S. The summed E-state index contributed by atoms with van der Waals surface area (Å²) in [5.74, 6) is -5.47. The molecule has 1 aromatic carbocycles. The fourth-order valence-electron chi connectivity index (χ4n) is 3.29. The Balaban J connectivity index is 0.000000540. The molecule has 4 amide bonds. The minimum atomic E-state index is -5.08. The standard InChI is InChI=1S/C17H20N4O6S.C2HF3O2/c18-6-8-28(26,27)9-7-19-11-3-1-2-10-14(11)17(25)21(16(10)24)12-4-5-13(22)20-15(12)23;3-2(4,5)1(6)7/h1-3,12,19H,4-9,18H2,(H,20,22,23);(H,6,7). The Labute approximate surface area is 196 Å². The van der Waals surface area contributed by atoms with Crippen LogP contribution in [0, 0.1) is 0 Å². The summed E-state index contributed by atoms with van der Waals surface area (Å²) in [6.07, 6.45) is -4.98. The molecular weight excluding hydrogens is 501 g/mol. The number of imide groups is 2.